The summed E-state index contributed by atoms with van der Waals surface area (Å²) in [6, 6.07) is 14.2. The second-order valence-electron chi connectivity index (χ2n) is 6.49. The van der Waals surface area contributed by atoms with Crippen LogP contribution >= 0.6 is 11.5 Å². The maximum absolute atomic E-state index is 12.6. The summed E-state index contributed by atoms with van der Waals surface area (Å²) in [7, 11) is 0. The van der Waals surface area contributed by atoms with E-state index in [9.17, 15) is 9.59 Å². The number of hydrogen-bond donors (Lipinski definition) is 2. The fourth-order valence-electron chi connectivity index (χ4n) is 3.09. The van der Waals surface area contributed by atoms with Gasteiger partial charge in [0.05, 0.1) is 11.4 Å². The summed E-state index contributed by atoms with van der Waals surface area (Å²) in [6.07, 6.45) is 2.05. The first-order chi connectivity index (χ1) is 13.7. The van der Waals surface area contributed by atoms with Crippen molar-refractivity contribution in [2.75, 3.05) is 23.7 Å². The zero-order valence-electron chi connectivity index (χ0n) is 15.1. The van der Waals surface area contributed by atoms with E-state index < -0.39 is 0 Å². The Morgan fingerprint density at radius 1 is 0.929 bits per heavy atom. The predicted octanol–water partition coefficient (Wildman–Crippen LogP) is 4.09. The average Bonchev–Trinajstić information content (AvgIpc) is 3.44. The fraction of sp³-hybridized carbons (Fsp3) is 0.200. The van der Waals surface area contributed by atoms with Crippen LogP contribution in [0.1, 0.15) is 23.2 Å². The minimum atomic E-state index is -0.245. The van der Waals surface area contributed by atoms with Gasteiger partial charge in [0.1, 0.15) is 5.69 Å². The van der Waals surface area contributed by atoms with Crippen molar-refractivity contribution < 1.29 is 9.59 Å². The normalized spacial score (nSPS) is 13.4. The summed E-state index contributed by atoms with van der Waals surface area (Å²) in [5, 5.41) is 11.7. The average molecular weight is 393 g/mol. The van der Waals surface area contributed by atoms with Crippen LogP contribution in [0.25, 0.3) is 11.3 Å². The van der Waals surface area contributed by atoms with Crippen LogP contribution in [0.15, 0.2) is 53.9 Å². The molecule has 0 atom stereocenters. The number of carbonyl (C=O) groups is 2. The molecule has 0 spiro atoms. The molecule has 142 valence electrons. The second-order valence-corrected chi connectivity index (χ2v) is 7.10. The third-order valence-electron chi connectivity index (χ3n) is 4.61. The lowest BCUT2D eigenvalue weighted by atomic mass is 10.1. The van der Waals surface area contributed by atoms with E-state index in [4.69, 9.17) is 0 Å². The molecular formula is C20H19N5O2S. The van der Waals surface area contributed by atoms with Gasteiger partial charge in [-0.1, -0.05) is 28.8 Å². The van der Waals surface area contributed by atoms with Crippen molar-refractivity contribution in [1.29, 1.82) is 0 Å². The van der Waals surface area contributed by atoms with Gasteiger partial charge >= 0.3 is 6.03 Å². The number of carbonyl (C=O) groups excluding carboxylic acids is 2. The number of nitrogens with one attached hydrogen (secondary N) is 2. The van der Waals surface area contributed by atoms with Crippen molar-refractivity contribution in [1.82, 2.24) is 14.5 Å². The van der Waals surface area contributed by atoms with Crippen LogP contribution in [0.4, 0.5) is 16.2 Å². The van der Waals surface area contributed by atoms with Gasteiger partial charge in [0, 0.05) is 29.6 Å². The zero-order chi connectivity index (χ0) is 19.3. The molecule has 1 saturated heterocycles. The summed E-state index contributed by atoms with van der Waals surface area (Å²) >= 11 is 1.28. The monoisotopic (exact) mass is 393 g/mol. The molecule has 7 nitrogen and oxygen atoms in total. The van der Waals surface area contributed by atoms with E-state index >= 15 is 0 Å². The lowest BCUT2D eigenvalue weighted by molar-refractivity contribution is 0.102. The Morgan fingerprint density at radius 2 is 1.61 bits per heavy atom. The number of amides is 3. The summed E-state index contributed by atoms with van der Waals surface area (Å²) < 4.78 is 3.85. The fourth-order valence-corrected chi connectivity index (χ4v) is 3.56. The number of benzene rings is 2. The molecule has 2 aromatic carbocycles. The van der Waals surface area contributed by atoms with Crippen molar-refractivity contribution >= 4 is 34.8 Å². The molecule has 4 rings (SSSR count). The van der Waals surface area contributed by atoms with E-state index in [0.717, 1.165) is 37.2 Å². The highest BCUT2D eigenvalue weighted by molar-refractivity contribution is 7.03. The molecule has 1 aromatic heterocycles. The highest BCUT2D eigenvalue weighted by Gasteiger charge is 2.19. The molecule has 28 heavy (non-hydrogen) atoms. The standard InChI is InChI=1S/C20H19N5O2S/c26-19(15-9-7-14(8-10-15)18-13-28-24-23-18)21-16-5-1-2-6-17(16)22-20(27)25-11-3-4-12-25/h1-2,5-10,13H,3-4,11-12H2,(H,21,26)(H,22,27). The van der Waals surface area contributed by atoms with Crippen molar-refractivity contribution in [3.63, 3.8) is 0 Å². The molecule has 1 fully saturated rings. The number of para-hydroxylation sites is 2. The SMILES string of the molecule is O=C(Nc1ccccc1NC(=O)N1CCCC1)c1ccc(-c2csnn2)cc1. The van der Waals surface area contributed by atoms with Crippen LogP contribution in [0.5, 0.6) is 0 Å². The van der Waals surface area contributed by atoms with E-state index in [2.05, 4.69) is 20.2 Å². The van der Waals surface area contributed by atoms with Gasteiger partial charge in [0.2, 0.25) is 0 Å². The minimum Gasteiger partial charge on any atom is -0.325 e. The van der Waals surface area contributed by atoms with Crippen LogP contribution in [-0.2, 0) is 0 Å². The molecular weight excluding hydrogens is 374 g/mol. The molecule has 1 aliphatic heterocycles. The molecule has 0 aliphatic carbocycles. The summed E-state index contributed by atoms with van der Waals surface area (Å²) in [5.74, 6) is -0.245. The van der Waals surface area contributed by atoms with Gasteiger partial charge < -0.3 is 15.5 Å². The molecule has 1 aliphatic rings. The quantitative estimate of drug-likeness (QED) is 0.699. The Bertz CT molecular complexity index is 967. The van der Waals surface area contributed by atoms with Crippen LogP contribution in [0.3, 0.4) is 0 Å². The molecule has 0 bridgehead atoms. The lowest BCUT2D eigenvalue weighted by Gasteiger charge is -2.18. The molecule has 8 heteroatoms. The number of aromatic nitrogens is 2. The Labute approximate surface area is 166 Å². The van der Waals surface area contributed by atoms with E-state index in [1.54, 1.807) is 29.2 Å². The smallest absolute Gasteiger partial charge is 0.321 e. The lowest BCUT2D eigenvalue weighted by Crippen LogP contribution is -2.32. The van der Waals surface area contributed by atoms with Gasteiger partial charge in [-0.05, 0) is 48.6 Å². The number of urea groups is 1. The Hall–Kier alpha value is -3.26. The van der Waals surface area contributed by atoms with Crippen molar-refractivity contribution in [3.8, 4) is 11.3 Å². The first-order valence-corrected chi connectivity index (χ1v) is 9.88. The third kappa shape index (κ3) is 4.01. The third-order valence-corrected chi connectivity index (χ3v) is 5.12. The van der Waals surface area contributed by atoms with Gasteiger partial charge in [-0.3, -0.25) is 4.79 Å². The molecule has 0 saturated carbocycles. The summed E-state index contributed by atoms with van der Waals surface area (Å²) in [5.41, 5.74) is 3.36. The number of rotatable bonds is 4. The maximum atomic E-state index is 12.6. The van der Waals surface area contributed by atoms with Crippen LogP contribution in [-0.4, -0.2) is 39.5 Å². The van der Waals surface area contributed by atoms with Crippen molar-refractivity contribution in [2.24, 2.45) is 0 Å². The van der Waals surface area contributed by atoms with Crippen molar-refractivity contribution in [3.05, 3.63) is 59.5 Å². The van der Waals surface area contributed by atoms with E-state index in [1.165, 1.54) is 11.5 Å². The predicted molar refractivity (Wildman–Crippen MR) is 110 cm³/mol. The molecule has 2 N–H and O–H groups in total. The Morgan fingerprint density at radius 3 is 2.25 bits per heavy atom. The molecule has 3 amide bonds. The molecule has 2 heterocycles. The van der Waals surface area contributed by atoms with Crippen LogP contribution < -0.4 is 10.6 Å². The van der Waals surface area contributed by atoms with Gasteiger partial charge in [-0.2, -0.15) is 0 Å². The topological polar surface area (TPSA) is 87.2 Å². The van der Waals surface area contributed by atoms with E-state index in [0.29, 0.717) is 16.9 Å². The first kappa shape index (κ1) is 18.1. The summed E-state index contributed by atoms with van der Waals surface area (Å²) in [4.78, 5) is 26.8. The largest absolute Gasteiger partial charge is 0.325 e. The number of likely N-dealkylation sites (tertiary alicyclic amines) is 1. The van der Waals surface area contributed by atoms with Gasteiger partial charge in [0.15, 0.2) is 0 Å². The minimum absolute atomic E-state index is 0.138. The highest BCUT2D eigenvalue weighted by atomic mass is 32.1. The van der Waals surface area contributed by atoms with Gasteiger partial charge in [-0.15, -0.1) is 5.10 Å². The first-order valence-electron chi connectivity index (χ1n) is 9.04. The number of hydrogen-bond acceptors (Lipinski definition) is 5. The van der Waals surface area contributed by atoms with E-state index in [-0.39, 0.29) is 11.9 Å². The highest BCUT2D eigenvalue weighted by Crippen LogP contribution is 2.24. The molecule has 3 aromatic rings. The molecule has 0 radical (unpaired) electrons. The number of nitrogens with zero attached hydrogens (tertiary/aromatic N) is 3. The maximum Gasteiger partial charge on any atom is 0.321 e. The summed E-state index contributed by atoms with van der Waals surface area (Å²) in [6.45, 7) is 1.53. The van der Waals surface area contributed by atoms with Crippen LogP contribution in [0, 0.1) is 0 Å². The Balaban J connectivity index is 1.46. The van der Waals surface area contributed by atoms with Crippen LogP contribution in [0.2, 0.25) is 0 Å². The van der Waals surface area contributed by atoms with Crippen molar-refractivity contribution in [2.45, 2.75) is 12.8 Å². The molecule has 0 unspecified atom stereocenters. The van der Waals surface area contributed by atoms with E-state index in [1.807, 2.05) is 29.6 Å². The van der Waals surface area contributed by atoms with Gasteiger partial charge in [0.25, 0.3) is 5.91 Å². The van der Waals surface area contributed by atoms with Gasteiger partial charge in [-0.25, -0.2) is 4.79 Å². The second kappa shape index (κ2) is 8.18. The Kier molecular flexibility index (Phi) is 5.29. The zero-order valence-corrected chi connectivity index (χ0v) is 15.9. The number of anilines is 2.